The molecule has 1 aromatic rings. The molecule has 0 amide bonds. The minimum Gasteiger partial charge on any atom is -0.481 e. The van der Waals surface area contributed by atoms with E-state index in [1.165, 1.54) is 23.5 Å². The zero-order valence-corrected chi connectivity index (χ0v) is 8.27. The van der Waals surface area contributed by atoms with E-state index in [0.29, 0.717) is 5.16 Å². The van der Waals surface area contributed by atoms with Gasteiger partial charge in [0.15, 0.2) is 0 Å². The van der Waals surface area contributed by atoms with Gasteiger partial charge in [-0.15, -0.1) is 22.0 Å². The summed E-state index contributed by atoms with van der Waals surface area (Å²) >= 11 is 2.83. The second kappa shape index (κ2) is 5.81. The fourth-order valence-electron chi connectivity index (χ4n) is 0.565. The molecule has 1 heterocycles. The fraction of sp³-hybridized carbons (Fsp3) is 0.600. The molecule has 0 bridgehead atoms. The van der Waals surface area contributed by atoms with Gasteiger partial charge in [0.25, 0.3) is 0 Å². The van der Waals surface area contributed by atoms with Crippen LogP contribution in [0.15, 0.2) is 5.16 Å². The van der Waals surface area contributed by atoms with Crippen molar-refractivity contribution in [1.29, 1.82) is 0 Å². The maximum atomic E-state index is 10.1. The summed E-state index contributed by atoms with van der Waals surface area (Å²) in [6.45, 7) is 0. The van der Waals surface area contributed by atoms with Gasteiger partial charge in [0.1, 0.15) is 0 Å². The van der Waals surface area contributed by atoms with Gasteiger partial charge >= 0.3 is 5.97 Å². The van der Waals surface area contributed by atoms with Crippen LogP contribution < -0.4 is 0 Å². The summed E-state index contributed by atoms with van der Waals surface area (Å²) in [7, 11) is 0. The van der Waals surface area contributed by atoms with Gasteiger partial charge in [0, 0.05) is 11.5 Å². The lowest BCUT2D eigenvalue weighted by atomic mass is 10.8. The van der Waals surface area contributed by atoms with Crippen LogP contribution in [0.1, 0.15) is 0 Å². The highest BCUT2D eigenvalue weighted by Crippen LogP contribution is 2.12. The molecule has 0 fully saturated rings. The minimum absolute atomic E-state index is 0.146. The Bertz CT molecular complexity index is 253. The van der Waals surface area contributed by atoms with Crippen molar-refractivity contribution in [3.63, 3.8) is 0 Å². The van der Waals surface area contributed by atoms with Gasteiger partial charge in [-0.1, -0.05) is 11.8 Å². The second-order valence-corrected chi connectivity index (χ2v) is 4.16. The Balaban J connectivity index is 1.99. The van der Waals surface area contributed by atoms with Crippen molar-refractivity contribution in [3.8, 4) is 0 Å². The molecule has 2 N–H and O–H groups in total. The zero-order valence-electron chi connectivity index (χ0n) is 6.63. The zero-order chi connectivity index (χ0) is 9.52. The molecule has 0 aromatic carbocycles. The van der Waals surface area contributed by atoms with Gasteiger partial charge in [-0.25, -0.2) is 0 Å². The molecule has 1 aromatic heterocycles. The quantitative estimate of drug-likeness (QED) is 0.519. The Hall–Kier alpha value is -0.760. The first kappa shape index (κ1) is 10.3. The predicted octanol–water partition coefficient (Wildman–Crippen LogP) is 0.110. The molecular weight excluding hydrogens is 212 g/mol. The van der Waals surface area contributed by atoms with E-state index in [4.69, 9.17) is 5.11 Å². The predicted molar refractivity (Wildman–Crippen MR) is 49.9 cm³/mol. The van der Waals surface area contributed by atoms with Gasteiger partial charge in [0.05, 0.1) is 5.75 Å². The summed E-state index contributed by atoms with van der Waals surface area (Å²) in [5, 5.41) is 22.1. The fourth-order valence-corrected chi connectivity index (χ4v) is 2.08. The molecule has 13 heavy (non-hydrogen) atoms. The molecule has 8 heteroatoms. The maximum absolute atomic E-state index is 10.1. The molecule has 0 radical (unpaired) electrons. The summed E-state index contributed by atoms with van der Waals surface area (Å²) in [5.41, 5.74) is 0. The number of tetrazole rings is 1. The van der Waals surface area contributed by atoms with Gasteiger partial charge in [0.2, 0.25) is 5.16 Å². The van der Waals surface area contributed by atoms with E-state index in [-0.39, 0.29) is 5.75 Å². The topological polar surface area (TPSA) is 91.8 Å². The number of aromatic nitrogens is 4. The second-order valence-electron chi connectivity index (χ2n) is 1.99. The first-order valence-corrected chi connectivity index (χ1v) is 5.59. The summed E-state index contributed by atoms with van der Waals surface area (Å²) in [6, 6.07) is 0. The van der Waals surface area contributed by atoms with Crippen molar-refractivity contribution < 1.29 is 9.90 Å². The average Bonchev–Trinajstić information content (AvgIpc) is 2.55. The average molecular weight is 220 g/mol. The van der Waals surface area contributed by atoms with E-state index in [0.717, 1.165) is 11.5 Å². The number of hydrogen-bond acceptors (Lipinski definition) is 6. The molecule has 0 unspecified atom stereocenters. The molecule has 0 saturated carbocycles. The number of thioether (sulfide) groups is 2. The van der Waals surface area contributed by atoms with Crippen LogP contribution >= 0.6 is 23.5 Å². The number of H-pyrrole nitrogens is 1. The SMILES string of the molecule is O=C(O)CSCCSc1nn[nH]n1. The molecule has 72 valence electrons. The molecule has 0 atom stereocenters. The number of nitrogens with one attached hydrogen (secondary N) is 1. The highest BCUT2D eigenvalue weighted by Gasteiger charge is 2.00. The molecule has 0 aliphatic heterocycles. The number of hydrogen-bond donors (Lipinski definition) is 2. The summed E-state index contributed by atoms with van der Waals surface area (Å²) in [5.74, 6) is 0.921. The normalized spacial score (nSPS) is 10.2. The van der Waals surface area contributed by atoms with Crippen LogP contribution in [0.3, 0.4) is 0 Å². The van der Waals surface area contributed by atoms with Gasteiger partial charge in [-0.2, -0.15) is 5.21 Å². The van der Waals surface area contributed by atoms with Crippen molar-refractivity contribution in [2.24, 2.45) is 0 Å². The number of carbonyl (C=O) groups is 1. The van der Waals surface area contributed by atoms with E-state index in [1.54, 1.807) is 0 Å². The third-order valence-electron chi connectivity index (χ3n) is 1.01. The summed E-state index contributed by atoms with van der Waals surface area (Å²) in [6.07, 6.45) is 0. The van der Waals surface area contributed by atoms with Gasteiger partial charge in [-0.05, 0) is 5.21 Å². The number of carboxylic acid groups (broad SMARTS) is 1. The van der Waals surface area contributed by atoms with Crippen LogP contribution in [-0.4, -0.2) is 49.0 Å². The Labute approximate surface area is 82.9 Å². The lowest BCUT2D eigenvalue weighted by Gasteiger charge is -1.94. The van der Waals surface area contributed by atoms with Crippen molar-refractivity contribution in [2.75, 3.05) is 17.3 Å². The number of rotatable bonds is 6. The number of carboxylic acids is 1. The van der Waals surface area contributed by atoms with E-state index in [9.17, 15) is 4.79 Å². The Morgan fingerprint density at radius 2 is 2.38 bits per heavy atom. The van der Waals surface area contributed by atoms with Crippen LogP contribution in [-0.2, 0) is 4.79 Å². The minimum atomic E-state index is -0.783. The van der Waals surface area contributed by atoms with E-state index in [2.05, 4.69) is 20.6 Å². The van der Waals surface area contributed by atoms with Crippen LogP contribution in [0.2, 0.25) is 0 Å². The van der Waals surface area contributed by atoms with Crippen LogP contribution in [0, 0.1) is 0 Å². The van der Waals surface area contributed by atoms with Crippen molar-refractivity contribution in [1.82, 2.24) is 20.6 Å². The largest absolute Gasteiger partial charge is 0.481 e. The standard InChI is InChI=1S/C5H8N4O2S2/c10-4(11)3-12-1-2-13-5-6-8-9-7-5/h1-3H2,(H,10,11)(H,6,7,8,9). The van der Waals surface area contributed by atoms with Crippen LogP contribution in [0.4, 0.5) is 0 Å². The van der Waals surface area contributed by atoms with Crippen molar-refractivity contribution in [2.45, 2.75) is 5.16 Å². The monoisotopic (exact) mass is 220 g/mol. The maximum Gasteiger partial charge on any atom is 0.313 e. The number of aromatic amines is 1. The molecule has 0 spiro atoms. The molecule has 0 saturated heterocycles. The smallest absolute Gasteiger partial charge is 0.313 e. The van der Waals surface area contributed by atoms with Crippen LogP contribution in [0.25, 0.3) is 0 Å². The van der Waals surface area contributed by atoms with E-state index >= 15 is 0 Å². The first-order valence-electron chi connectivity index (χ1n) is 3.45. The van der Waals surface area contributed by atoms with Gasteiger partial charge < -0.3 is 5.11 Å². The van der Waals surface area contributed by atoms with Crippen LogP contribution in [0.5, 0.6) is 0 Å². The molecular formula is C5H8N4O2S2. The first-order chi connectivity index (χ1) is 6.29. The summed E-state index contributed by atoms with van der Waals surface area (Å²) < 4.78 is 0. The van der Waals surface area contributed by atoms with Crippen molar-refractivity contribution in [3.05, 3.63) is 0 Å². The Morgan fingerprint density at radius 1 is 1.54 bits per heavy atom. The summed E-state index contributed by atoms with van der Waals surface area (Å²) in [4.78, 5) is 10.1. The van der Waals surface area contributed by atoms with Gasteiger partial charge in [-0.3, -0.25) is 4.79 Å². The Morgan fingerprint density at radius 3 is 3.00 bits per heavy atom. The molecule has 0 aliphatic carbocycles. The highest BCUT2D eigenvalue weighted by atomic mass is 32.2. The van der Waals surface area contributed by atoms with E-state index < -0.39 is 5.97 Å². The highest BCUT2D eigenvalue weighted by molar-refractivity contribution is 8.03. The molecule has 6 nitrogen and oxygen atoms in total. The van der Waals surface area contributed by atoms with Crippen molar-refractivity contribution >= 4 is 29.5 Å². The lowest BCUT2D eigenvalue weighted by molar-refractivity contribution is -0.133. The lowest BCUT2D eigenvalue weighted by Crippen LogP contribution is -1.99. The molecule has 1 rings (SSSR count). The number of aliphatic carboxylic acids is 1. The Kier molecular flexibility index (Phi) is 4.61. The van der Waals surface area contributed by atoms with E-state index in [1.807, 2.05) is 0 Å². The third kappa shape index (κ3) is 4.73. The third-order valence-corrected chi connectivity index (χ3v) is 3.05. The molecule has 0 aliphatic rings. The number of nitrogens with zero attached hydrogens (tertiary/aromatic N) is 3.